The fraction of sp³-hybridized carbons (Fsp3) is 0.348. The maximum absolute atomic E-state index is 12.2. The van der Waals surface area contributed by atoms with E-state index in [4.69, 9.17) is 21.1 Å². The second-order valence-corrected chi connectivity index (χ2v) is 10.2. The lowest BCUT2D eigenvalue weighted by Gasteiger charge is -2.21. The molecule has 2 aromatic carbocycles. The number of carbonyl (C=O) groups is 2. The van der Waals surface area contributed by atoms with Gasteiger partial charge in [-0.25, -0.2) is 13.8 Å². The van der Waals surface area contributed by atoms with Crippen LogP contribution in [0.5, 0.6) is 5.75 Å². The van der Waals surface area contributed by atoms with E-state index in [0.29, 0.717) is 28.6 Å². The van der Waals surface area contributed by atoms with Gasteiger partial charge in [-0.3, -0.25) is 13.9 Å². The first-order valence-electron chi connectivity index (χ1n) is 10.9. The first-order chi connectivity index (χ1) is 16.7. The Kier molecular flexibility index (Phi) is 9.47. The minimum absolute atomic E-state index is 0.0740. The van der Waals surface area contributed by atoms with Gasteiger partial charge in [-0.15, -0.1) is 0 Å². The molecular weight excluding hydrogens is 496 g/mol. The number of sulfonamides is 1. The molecule has 1 heterocycles. The minimum Gasteiger partial charge on any atom is -0.484 e. The van der Waals surface area contributed by atoms with E-state index < -0.39 is 22.5 Å². The molecule has 2 amide bonds. The van der Waals surface area contributed by atoms with Gasteiger partial charge in [0.1, 0.15) is 12.3 Å². The molecule has 0 aliphatic carbocycles. The number of hydrogen-bond acceptors (Lipinski definition) is 7. The van der Waals surface area contributed by atoms with Crippen LogP contribution in [0.2, 0.25) is 5.02 Å². The van der Waals surface area contributed by atoms with Gasteiger partial charge in [0.05, 0.1) is 24.3 Å². The number of hydrogen-bond donors (Lipinski definition) is 2. The molecule has 1 aliphatic heterocycles. The molecule has 1 atom stereocenters. The van der Waals surface area contributed by atoms with Gasteiger partial charge in [-0.1, -0.05) is 11.6 Å². The number of ether oxygens (including phenoxy) is 2. The summed E-state index contributed by atoms with van der Waals surface area (Å²) in [6.45, 7) is 0.657. The van der Waals surface area contributed by atoms with Crippen LogP contribution >= 0.6 is 11.6 Å². The fourth-order valence-electron chi connectivity index (χ4n) is 3.23. The van der Waals surface area contributed by atoms with Crippen LogP contribution in [-0.2, 0) is 24.3 Å². The van der Waals surface area contributed by atoms with Gasteiger partial charge < -0.3 is 14.8 Å². The van der Waals surface area contributed by atoms with Gasteiger partial charge in [0.25, 0.3) is 11.8 Å². The van der Waals surface area contributed by atoms with Gasteiger partial charge in [0.15, 0.2) is 6.61 Å². The highest BCUT2D eigenvalue weighted by Crippen LogP contribution is 2.20. The lowest BCUT2D eigenvalue weighted by atomic mass is 10.2. The summed E-state index contributed by atoms with van der Waals surface area (Å²) in [5.74, 6) is -0.337. The van der Waals surface area contributed by atoms with Crippen molar-refractivity contribution in [1.29, 1.82) is 0 Å². The summed E-state index contributed by atoms with van der Waals surface area (Å²) in [6.07, 6.45) is 4.45. The lowest BCUT2D eigenvalue weighted by molar-refractivity contribution is -0.123. The normalized spacial score (nSPS) is 15.7. The van der Waals surface area contributed by atoms with Crippen molar-refractivity contribution in [2.24, 2.45) is 5.10 Å². The number of nitrogens with one attached hydrogen (secondary N) is 2. The third kappa shape index (κ3) is 8.85. The van der Waals surface area contributed by atoms with Crippen LogP contribution in [0.25, 0.3) is 0 Å². The van der Waals surface area contributed by atoms with Crippen LogP contribution in [-0.4, -0.2) is 65.1 Å². The smallest absolute Gasteiger partial charge is 0.260 e. The number of halogens is 1. The number of rotatable bonds is 11. The van der Waals surface area contributed by atoms with Crippen molar-refractivity contribution in [3.8, 4) is 5.75 Å². The molecule has 0 spiro atoms. The third-order valence-electron chi connectivity index (χ3n) is 5.01. The van der Waals surface area contributed by atoms with Crippen LogP contribution in [0.4, 0.5) is 5.69 Å². The summed E-state index contributed by atoms with van der Waals surface area (Å²) < 4.78 is 36.1. The van der Waals surface area contributed by atoms with Gasteiger partial charge in [0.2, 0.25) is 10.0 Å². The Labute approximate surface area is 209 Å². The predicted octanol–water partition coefficient (Wildman–Crippen LogP) is 1.93. The Balaban J connectivity index is 1.44. The van der Waals surface area contributed by atoms with Gasteiger partial charge in [0, 0.05) is 18.2 Å². The lowest BCUT2D eigenvalue weighted by Crippen LogP contribution is -2.38. The molecule has 10 nitrogen and oxygen atoms in total. The van der Waals surface area contributed by atoms with E-state index in [9.17, 15) is 18.0 Å². The van der Waals surface area contributed by atoms with Crippen LogP contribution in [0.15, 0.2) is 53.6 Å². The van der Waals surface area contributed by atoms with Crippen LogP contribution in [0.1, 0.15) is 18.4 Å². The number of hydrazone groups is 1. The molecule has 1 saturated heterocycles. The molecule has 0 radical (unpaired) electrons. The van der Waals surface area contributed by atoms with Crippen molar-refractivity contribution in [2.75, 3.05) is 36.9 Å². The van der Waals surface area contributed by atoms with Crippen molar-refractivity contribution < 1.29 is 27.5 Å². The molecule has 35 heavy (non-hydrogen) atoms. The van der Waals surface area contributed by atoms with Crippen molar-refractivity contribution in [3.05, 3.63) is 59.1 Å². The Morgan fingerprint density at radius 1 is 1.17 bits per heavy atom. The Morgan fingerprint density at radius 3 is 2.51 bits per heavy atom. The number of amides is 2. The predicted molar refractivity (Wildman–Crippen MR) is 133 cm³/mol. The van der Waals surface area contributed by atoms with Crippen molar-refractivity contribution >= 4 is 45.3 Å². The monoisotopic (exact) mass is 522 g/mol. The maximum atomic E-state index is 12.2. The highest BCUT2D eigenvalue weighted by Gasteiger charge is 2.20. The summed E-state index contributed by atoms with van der Waals surface area (Å²) in [4.78, 5) is 24.1. The largest absolute Gasteiger partial charge is 0.484 e. The quantitative estimate of drug-likeness (QED) is 0.343. The third-order valence-corrected chi connectivity index (χ3v) is 6.40. The molecule has 0 unspecified atom stereocenters. The first-order valence-corrected chi connectivity index (χ1v) is 13.1. The van der Waals surface area contributed by atoms with Crippen LogP contribution in [0, 0.1) is 0 Å². The summed E-state index contributed by atoms with van der Waals surface area (Å²) in [5.41, 5.74) is 3.29. The Bertz CT molecular complexity index is 1130. The van der Waals surface area contributed by atoms with Crippen LogP contribution in [0.3, 0.4) is 0 Å². The number of anilines is 1. The van der Waals surface area contributed by atoms with E-state index >= 15 is 0 Å². The fourth-order valence-corrected chi connectivity index (χ4v) is 4.22. The molecule has 0 aromatic heterocycles. The maximum Gasteiger partial charge on any atom is 0.260 e. The second-order valence-electron chi connectivity index (χ2n) is 7.84. The zero-order chi connectivity index (χ0) is 25.3. The van der Waals surface area contributed by atoms with Crippen molar-refractivity contribution in [3.63, 3.8) is 0 Å². The Hall–Kier alpha value is -3.15. The number of carbonyl (C=O) groups excluding carboxylic acids is 2. The Morgan fingerprint density at radius 2 is 1.89 bits per heavy atom. The number of nitrogens with zero attached hydrogens (tertiary/aromatic N) is 2. The zero-order valence-electron chi connectivity index (χ0n) is 19.1. The van der Waals surface area contributed by atoms with Crippen molar-refractivity contribution in [2.45, 2.75) is 18.9 Å². The summed E-state index contributed by atoms with van der Waals surface area (Å²) in [6, 6.07) is 12.8. The highest BCUT2D eigenvalue weighted by atomic mass is 35.5. The van der Waals surface area contributed by atoms with Gasteiger partial charge in [-0.05, 0) is 66.9 Å². The molecular formula is C23H27ClN4O6S. The average molecular weight is 523 g/mol. The molecule has 0 saturated carbocycles. The average Bonchev–Trinajstić information content (AvgIpc) is 3.34. The highest BCUT2D eigenvalue weighted by molar-refractivity contribution is 7.92. The van der Waals surface area contributed by atoms with E-state index in [1.54, 1.807) is 24.3 Å². The topological polar surface area (TPSA) is 126 Å². The second kappa shape index (κ2) is 12.5. The number of benzene rings is 2. The van der Waals surface area contributed by atoms with E-state index in [0.717, 1.165) is 30.0 Å². The summed E-state index contributed by atoms with van der Waals surface area (Å²) in [7, 11) is -3.70. The zero-order valence-corrected chi connectivity index (χ0v) is 20.7. The summed E-state index contributed by atoms with van der Waals surface area (Å²) in [5, 5.41) is 7.10. The van der Waals surface area contributed by atoms with E-state index in [-0.39, 0.29) is 18.6 Å². The SMILES string of the molecule is CS(=O)(=O)N(CC(=O)N/N=C\c1ccc(OCC(=O)NC[C@@H]2CCCO2)cc1)c1ccc(Cl)cc1. The molecule has 12 heteroatoms. The molecule has 1 aliphatic rings. The molecule has 188 valence electrons. The molecule has 0 bridgehead atoms. The van der Waals surface area contributed by atoms with Gasteiger partial charge in [-0.2, -0.15) is 5.10 Å². The summed E-state index contributed by atoms with van der Waals surface area (Å²) >= 11 is 5.84. The van der Waals surface area contributed by atoms with E-state index in [2.05, 4.69) is 15.8 Å². The molecule has 2 N–H and O–H groups in total. The van der Waals surface area contributed by atoms with E-state index in [1.807, 2.05) is 0 Å². The molecule has 1 fully saturated rings. The van der Waals surface area contributed by atoms with Crippen molar-refractivity contribution in [1.82, 2.24) is 10.7 Å². The standard InChI is InChI=1S/C23H27ClN4O6S/c1-35(31,32)28(19-8-6-18(24)7-9-19)15-22(29)27-26-13-17-4-10-20(11-5-17)34-16-23(30)25-14-21-3-2-12-33-21/h4-11,13,21H,2-3,12,14-16H2,1H3,(H,25,30)(H,27,29)/b26-13-/t21-/m0/s1. The molecule has 3 rings (SSSR count). The minimum atomic E-state index is -3.70. The molecule has 2 aromatic rings. The van der Waals surface area contributed by atoms with Gasteiger partial charge >= 0.3 is 0 Å². The van der Waals surface area contributed by atoms with Crippen LogP contribution < -0.4 is 19.8 Å². The van der Waals surface area contributed by atoms with E-state index in [1.165, 1.54) is 30.5 Å². The first kappa shape index (κ1) is 26.5.